The van der Waals surface area contributed by atoms with Crippen LogP contribution in [-0.2, 0) is 16.0 Å². The second kappa shape index (κ2) is 7.41. The van der Waals surface area contributed by atoms with E-state index >= 15 is 0 Å². The van der Waals surface area contributed by atoms with Gasteiger partial charge < -0.3 is 10.2 Å². The normalized spacial score (nSPS) is 28.9. The number of nitrogens with one attached hydrogen (secondary N) is 1. The van der Waals surface area contributed by atoms with Crippen LogP contribution in [0.15, 0.2) is 6.20 Å². The topological polar surface area (TPSA) is 92.3 Å². The van der Waals surface area contributed by atoms with Gasteiger partial charge in [-0.3, -0.25) is 4.79 Å². The number of carbonyl (C=O) groups excluding carboxylic acids is 1. The van der Waals surface area contributed by atoms with Crippen molar-refractivity contribution in [3.05, 3.63) is 17.5 Å². The quantitative estimate of drug-likeness (QED) is 0.788. The standard InChI is InChI=1S/C18H23F3N4O3S/c19-18(20,21)15-13(16(26)25-5-7-29(27,28)8-6-25)10-22-17(24-15)23-14-9-11-1-3-12(14)4-2-11/h10-12,14H,1-9H2,(H,22,23,24). The fraction of sp³-hybridized carbons (Fsp3) is 0.722. The first-order valence-corrected chi connectivity index (χ1v) is 11.6. The Hall–Kier alpha value is -1.91. The predicted octanol–water partition coefficient (Wildman–Crippen LogP) is 2.36. The summed E-state index contributed by atoms with van der Waals surface area (Å²) < 4.78 is 63.9. The molecule has 0 spiro atoms. The minimum absolute atomic E-state index is 0.0532. The van der Waals surface area contributed by atoms with Gasteiger partial charge in [-0.2, -0.15) is 13.2 Å². The first kappa shape index (κ1) is 20.4. The highest BCUT2D eigenvalue weighted by atomic mass is 32.2. The Bertz CT molecular complexity index is 884. The average Bonchev–Trinajstić information content (AvgIpc) is 2.68. The van der Waals surface area contributed by atoms with Gasteiger partial charge in [-0.15, -0.1) is 0 Å². The number of halogens is 3. The van der Waals surface area contributed by atoms with Crippen LogP contribution in [0.4, 0.5) is 19.1 Å². The van der Waals surface area contributed by atoms with Gasteiger partial charge in [0.1, 0.15) is 0 Å². The minimum Gasteiger partial charge on any atom is -0.351 e. The largest absolute Gasteiger partial charge is 0.434 e. The lowest BCUT2D eigenvalue weighted by Crippen LogP contribution is -2.44. The van der Waals surface area contributed by atoms with E-state index in [1.165, 1.54) is 0 Å². The van der Waals surface area contributed by atoms with Gasteiger partial charge in [-0.05, 0) is 31.1 Å². The zero-order valence-corrected chi connectivity index (χ0v) is 16.6. The molecule has 1 aliphatic heterocycles. The van der Waals surface area contributed by atoms with E-state index in [0.29, 0.717) is 11.8 Å². The predicted molar refractivity (Wildman–Crippen MR) is 99.1 cm³/mol. The van der Waals surface area contributed by atoms with E-state index in [-0.39, 0.29) is 36.6 Å². The van der Waals surface area contributed by atoms with Crippen LogP contribution in [-0.4, -0.2) is 59.8 Å². The zero-order valence-electron chi connectivity index (χ0n) is 15.8. The molecule has 29 heavy (non-hydrogen) atoms. The molecule has 11 heteroatoms. The summed E-state index contributed by atoms with van der Waals surface area (Å²) in [5.74, 6) is -0.524. The van der Waals surface area contributed by atoms with E-state index in [4.69, 9.17) is 0 Å². The van der Waals surface area contributed by atoms with Gasteiger partial charge in [0.05, 0.1) is 17.1 Å². The zero-order chi connectivity index (χ0) is 20.8. The molecule has 1 unspecified atom stereocenters. The number of sulfone groups is 1. The third kappa shape index (κ3) is 4.34. The Morgan fingerprint density at radius 2 is 1.79 bits per heavy atom. The summed E-state index contributed by atoms with van der Waals surface area (Å²) in [5.41, 5.74) is -1.93. The SMILES string of the molecule is O=C(c1cnc(NC2CC3CCC2CC3)nc1C(F)(F)F)N1CCS(=O)(=O)CC1. The van der Waals surface area contributed by atoms with E-state index in [0.717, 1.165) is 43.2 Å². The molecule has 1 amide bonds. The number of alkyl halides is 3. The van der Waals surface area contributed by atoms with E-state index in [2.05, 4.69) is 15.3 Å². The number of anilines is 1. The number of aromatic nitrogens is 2. The molecule has 7 nitrogen and oxygen atoms in total. The second-order valence-electron chi connectivity index (χ2n) is 8.17. The van der Waals surface area contributed by atoms with E-state index in [1.807, 2.05) is 0 Å². The first-order chi connectivity index (χ1) is 13.6. The maximum absolute atomic E-state index is 13.6. The van der Waals surface area contributed by atoms with Crippen molar-refractivity contribution in [2.75, 3.05) is 29.9 Å². The number of amides is 1. The molecule has 3 saturated carbocycles. The molecule has 0 radical (unpaired) electrons. The summed E-state index contributed by atoms with van der Waals surface area (Å²) in [4.78, 5) is 21.4. The van der Waals surface area contributed by atoms with Crippen LogP contribution in [0.3, 0.4) is 0 Å². The Labute approximate surface area is 167 Å². The molecule has 1 aromatic heterocycles. The summed E-state index contributed by atoms with van der Waals surface area (Å²) in [5, 5.41) is 3.05. The van der Waals surface area contributed by atoms with Crippen LogP contribution in [0.5, 0.6) is 0 Å². The molecule has 1 saturated heterocycles. The lowest BCUT2D eigenvalue weighted by Gasteiger charge is -2.42. The van der Waals surface area contributed by atoms with Gasteiger partial charge >= 0.3 is 6.18 Å². The van der Waals surface area contributed by atoms with Crippen molar-refractivity contribution in [2.45, 2.75) is 44.3 Å². The summed E-state index contributed by atoms with van der Waals surface area (Å²) in [6, 6.07) is 0.0532. The Morgan fingerprint density at radius 1 is 1.14 bits per heavy atom. The molecule has 2 heterocycles. The molecule has 1 aromatic rings. The molecule has 5 rings (SSSR count). The van der Waals surface area contributed by atoms with Crippen LogP contribution in [0.25, 0.3) is 0 Å². The number of rotatable bonds is 3. The summed E-state index contributed by atoms with van der Waals surface area (Å²) in [6.07, 6.45) is 1.43. The highest BCUT2D eigenvalue weighted by molar-refractivity contribution is 7.91. The maximum atomic E-state index is 13.6. The van der Waals surface area contributed by atoms with Crippen LogP contribution in [0, 0.1) is 11.8 Å². The number of hydrogen-bond donors (Lipinski definition) is 1. The van der Waals surface area contributed by atoms with Crippen LogP contribution >= 0.6 is 0 Å². The fourth-order valence-corrected chi connectivity index (χ4v) is 5.83. The van der Waals surface area contributed by atoms with Gasteiger partial charge in [0.2, 0.25) is 5.95 Å². The van der Waals surface area contributed by atoms with Crippen molar-refractivity contribution in [3.63, 3.8) is 0 Å². The summed E-state index contributed by atoms with van der Waals surface area (Å²) in [7, 11) is -3.25. The van der Waals surface area contributed by atoms with Crippen molar-refractivity contribution < 1.29 is 26.4 Å². The fourth-order valence-electron chi connectivity index (χ4n) is 4.63. The van der Waals surface area contributed by atoms with E-state index < -0.39 is 33.2 Å². The summed E-state index contributed by atoms with van der Waals surface area (Å²) >= 11 is 0. The molecular formula is C18H23F3N4O3S. The molecule has 4 aliphatic rings. The van der Waals surface area contributed by atoms with Gasteiger partial charge in [0.15, 0.2) is 15.5 Å². The van der Waals surface area contributed by atoms with Crippen molar-refractivity contribution in [2.24, 2.45) is 11.8 Å². The third-order valence-corrected chi connectivity index (χ3v) is 7.89. The van der Waals surface area contributed by atoms with Crippen molar-refractivity contribution in [3.8, 4) is 0 Å². The molecular weight excluding hydrogens is 409 g/mol. The second-order valence-corrected chi connectivity index (χ2v) is 10.5. The number of carbonyl (C=O) groups is 1. The molecule has 2 bridgehead atoms. The van der Waals surface area contributed by atoms with Gasteiger partial charge in [-0.25, -0.2) is 18.4 Å². The Kier molecular flexibility index (Phi) is 5.20. The van der Waals surface area contributed by atoms with E-state index in [1.54, 1.807) is 0 Å². The highest BCUT2D eigenvalue weighted by Crippen LogP contribution is 2.42. The van der Waals surface area contributed by atoms with Crippen molar-refractivity contribution in [1.82, 2.24) is 14.9 Å². The molecule has 3 aliphatic carbocycles. The first-order valence-electron chi connectivity index (χ1n) is 9.83. The van der Waals surface area contributed by atoms with Crippen LogP contribution < -0.4 is 5.32 Å². The summed E-state index contributed by atoms with van der Waals surface area (Å²) in [6.45, 7) is -0.271. The van der Waals surface area contributed by atoms with Gasteiger partial charge in [0.25, 0.3) is 5.91 Å². The van der Waals surface area contributed by atoms with E-state index in [9.17, 15) is 26.4 Å². The molecule has 4 fully saturated rings. The monoisotopic (exact) mass is 432 g/mol. The lowest BCUT2D eigenvalue weighted by atomic mass is 9.68. The minimum atomic E-state index is -4.82. The maximum Gasteiger partial charge on any atom is 0.434 e. The van der Waals surface area contributed by atoms with Crippen LogP contribution in [0.1, 0.15) is 48.2 Å². The third-order valence-electron chi connectivity index (χ3n) is 6.28. The number of fused-ring (bicyclic) bond motifs is 3. The van der Waals surface area contributed by atoms with Crippen LogP contribution in [0.2, 0.25) is 0 Å². The molecule has 0 aromatic carbocycles. The molecule has 1 N–H and O–H groups in total. The molecule has 160 valence electrons. The lowest BCUT2D eigenvalue weighted by molar-refractivity contribution is -0.141. The van der Waals surface area contributed by atoms with Gasteiger partial charge in [0, 0.05) is 25.3 Å². The molecule has 1 atom stereocenters. The Morgan fingerprint density at radius 3 is 2.34 bits per heavy atom. The van der Waals surface area contributed by atoms with Gasteiger partial charge in [-0.1, -0.05) is 12.8 Å². The average molecular weight is 432 g/mol. The van der Waals surface area contributed by atoms with Crippen molar-refractivity contribution in [1.29, 1.82) is 0 Å². The number of hydrogen-bond acceptors (Lipinski definition) is 6. The van der Waals surface area contributed by atoms with Crippen molar-refractivity contribution >= 4 is 21.7 Å². The Balaban J connectivity index is 1.56. The highest BCUT2D eigenvalue weighted by Gasteiger charge is 2.41. The smallest absolute Gasteiger partial charge is 0.351 e. The number of nitrogens with zero attached hydrogens (tertiary/aromatic N) is 3.